The van der Waals surface area contributed by atoms with Gasteiger partial charge in [-0.15, -0.1) is 0 Å². The molecule has 182 valence electrons. The normalized spacial score (nSPS) is 21.7. The lowest BCUT2D eigenvalue weighted by Crippen LogP contribution is -2.61. The molecule has 2 fully saturated rings. The van der Waals surface area contributed by atoms with Crippen molar-refractivity contribution in [3.8, 4) is 17.1 Å². The number of imide groups is 1. The topological polar surface area (TPSA) is 126 Å². The third-order valence-corrected chi connectivity index (χ3v) is 7.05. The average molecular weight is 485 g/mol. The lowest BCUT2D eigenvalue weighted by molar-refractivity contribution is -0.130. The molecule has 3 aliphatic heterocycles. The summed E-state index contributed by atoms with van der Waals surface area (Å²) in [7, 11) is 0. The molecule has 3 aromatic rings. The van der Waals surface area contributed by atoms with Crippen molar-refractivity contribution in [1.29, 1.82) is 0 Å². The molecule has 0 aliphatic carbocycles. The van der Waals surface area contributed by atoms with Crippen LogP contribution in [-0.4, -0.2) is 72.7 Å². The maximum absolute atomic E-state index is 13.1. The maximum atomic E-state index is 13.1. The van der Waals surface area contributed by atoms with Gasteiger partial charge in [-0.2, -0.15) is 5.10 Å². The molecule has 0 aromatic carbocycles. The molecule has 3 aliphatic rings. The number of hydrogen-bond donors (Lipinski definition) is 1. The number of rotatable bonds is 3. The molecule has 36 heavy (non-hydrogen) atoms. The van der Waals surface area contributed by atoms with Crippen molar-refractivity contribution in [2.24, 2.45) is 10.9 Å². The van der Waals surface area contributed by atoms with Gasteiger partial charge in [0.1, 0.15) is 0 Å². The van der Waals surface area contributed by atoms with Crippen molar-refractivity contribution < 1.29 is 14.4 Å². The van der Waals surface area contributed by atoms with Crippen LogP contribution in [0.15, 0.2) is 53.9 Å². The largest absolute Gasteiger partial charge is 0.343 e. The molecule has 3 aromatic heterocycles. The number of pyridine rings is 2. The van der Waals surface area contributed by atoms with Crippen molar-refractivity contribution in [1.82, 2.24) is 34.9 Å². The van der Waals surface area contributed by atoms with Crippen LogP contribution in [0.1, 0.15) is 31.5 Å². The lowest BCUT2D eigenvalue weighted by Gasteiger charge is -2.46. The van der Waals surface area contributed by atoms with Gasteiger partial charge in [0.15, 0.2) is 5.82 Å². The Morgan fingerprint density at radius 1 is 1.11 bits per heavy atom. The first-order valence-electron chi connectivity index (χ1n) is 11.9. The van der Waals surface area contributed by atoms with Gasteiger partial charge in [0.25, 0.3) is 0 Å². The van der Waals surface area contributed by atoms with Crippen LogP contribution in [-0.2, 0) is 9.59 Å². The van der Waals surface area contributed by atoms with E-state index in [-0.39, 0.29) is 17.9 Å². The second kappa shape index (κ2) is 8.67. The summed E-state index contributed by atoms with van der Waals surface area (Å²) >= 11 is 0. The van der Waals surface area contributed by atoms with Gasteiger partial charge >= 0.3 is 6.03 Å². The Labute approximate surface area is 206 Å². The second-order valence-electron chi connectivity index (χ2n) is 9.14. The quantitative estimate of drug-likeness (QED) is 0.608. The maximum Gasteiger partial charge on any atom is 0.324 e. The summed E-state index contributed by atoms with van der Waals surface area (Å²) in [4.78, 5) is 55.1. The molecule has 11 nitrogen and oxygen atoms in total. The van der Waals surface area contributed by atoms with E-state index in [1.54, 1.807) is 40.0 Å². The van der Waals surface area contributed by atoms with Crippen molar-refractivity contribution in [2.45, 2.75) is 31.8 Å². The van der Waals surface area contributed by atoms with E-state index in [0.29, 0.717) is 48.8 Å². The van der Waals surface area contributed by atoms with E-state index >= 15 is 0 Å². The van der Waals surface area contributed by atoms with Gasteiger partial charge in [0, 0.05) is 56.4 Å². The smallest absolute Gasteiger partial charge is 0.324 e. The first kappa shape index (κ1) is 22.1. The van der Waals surface area contributed by atoms with Crippen molar-refractivity contribution in [3.05, 3.63) is 54.6 Å². The highest BCUT2D eigenvalue weighted by molar-refractivity contribution is 6.07. The molecule has 2 saturated heterocycles. The number of piperidine rings is 1. The number of aliphatic imine (C=N–C) groups is 1. The highest BCUT2D eigenvalue weighted by Crippen LogP contribution is 2.42. The summed E-state index contributed by atoms with van der Waals surface area (Å²) in [6.45, 7) is 2.69. The summed E-state index contributed by atoms with van der Waals surface area (Å²) in [6.07, 6.45) is 8.11. The zero-order valence-corrected chi connectivity index (χ0v) is 19.6. The Morgan fingerprint density at radius 3 is 2.64 bits per heavy atom. The van der Waals surface area contributed by atoms with Crippen LogP contribution >= 0.6 is 0 Å². The van der Waals surface area contributed by atoms with Gasteiger partial charge in [0.05, 0.1) is 29.0 Å². The van der Waals surface area contributed by atoms with Gasteiger partial charge in [-0.1, -0.05) is 0 Å². The molecule has 4 amide bonds. The molecule has 6 heterocycles. The van der Waals surface area contributed by atoms with Gasteiger partial charge in [0.2, 0.25) is 11.8 Å². The number of carbonyl (C=O) groups excluding carboxylic acids is 3. The summed E-state index contributed by atoms with van der Waals surface area (Å²) < 4.78 is 1.67. The van der Waals surface area contributed by atoms with E-state index in [2.05, 4.69) is 20.4 Å². The second-order valence-corrected chi connectivity index (χ2v) is 9.14. The molecular weight excluding hydrogens is 460 g/mol. The van der Waals surface area contributed by atoms with Crippen LogP contribution in [0.25, 0.3) is 17.1 Å². The number of hydrogen-bond acceptors (Lipinski definition) is 7. The molecule has 2 atom stereocenters. The van der Waals surface area contributed by atoms with Crippen LogP contribution in [0.4, 0.5) is 10.5 Å². The molecule has 0 spiro atoms. The number of fused-ring (bicyclic) bond motifs is 3. The lowest BCUT2D eigenvalue weighted by atomic mass is 9.87. The predicted molar refractivity (Wildman–Crippen MR) is 130 cm³/mol. The molecule has 2 unspecified atom stereocenters. The minimum absolute atomic E-state index is 0.0261. The fraction of sp³-hybridized carbons (Fsp3) is 0.320. The monoisotopic (exact) mass is 484 g/mol. The van der Waals surface area contributed by atoms with Crippen molar-refractivity contribution >= 4 is 29.7 Å². The Kier molecular flexibility index (Phi) is 5.32. The van der Waals surface area contributed by atoms with Crippen LogP contribution in [0, 0.1) is 5.92 Å². The van der Waals surface area contributed by atoms with Gasteiger partial charge in [-0.25, -0.2) is 19.4 Å². The van der Waals surface area contributed by atoms with Crippen LogP contribution in [0.3, 0.4) is 0 Å². The number of nitrogens with zero attached hydrogens (tertiary/aromatic N) is 7. The van der Waals surface area contributed by atoms with E-state index in [4.69, 9.17) is 4.98 Å². The SMILES string of the molecule is CC(=O)N1CCC(N2C(=O)NC(=O)C3C=Nc4ccc(-c5ccc(-n6cccn6)nc5)nc4C32)CC1. The van der Waals surface area contributed by atoms with Crippen molar-refractivity contribution in [3.63, 3.8) is 0 Å². The van der Waals surface area contributed by atoms with E-state index in [1.165, 1.54) is 0 Å². The molecule has 11 heteroatoms. The van der Waals surface area contributed by atoms with E-state index in [1.807, 2.05) is 36.5 Å². The van der Waals surface area contributed by atoms with Crippen LogP contribution in [0.5, 0.6) is 0 Å². The summed E-state index contributed by atoms with van der Waals surface area (Å²) in [5.41, 5.74) is 2.70. The fourth-order valence-corrected chi connectivity index (χ4v) is 5.19. The fourth-order valence-electron chi connectivity index (χ4n) is 5.19. The molecule has 0 bridgehead atoms. The van der Waals surface area contributed by atoms with Crippen molar-refractivity contribution in [2.75, 3.05) is 13.1 Å². The third-order valence-electron chi connectivity index (χ3n) is 7.05. The number of amides is 4. The van der Waals surface area contributed by atoms with E-state index in [9.17, 15) is 14.4 Å². The minimum Gasteiger partial charge on any atom is -0.343 e. The van der Waals surface area contributed by atoms with Gasteiger partial charge < -0.3 is 9.80 Å². The van der Waals surface area contributed by atoms with E-state index < -0.39 is 18.0 Å². The summed E-state index contributed by atoms with van der Waals surface area (Å²) in [5.74, 6) is -0.305. The zero-order chi connectivity index (χ0) is 24.8. The number of urea groups is 1. The zero-order valence-electron chi connectivity index (χ0n) is 19.6. The number of nitrogens with one attached hydrogen (secondary N) is 1. The third kappa shape index (κ3) is 3.72. The highest BCUT2D eigenvalue weighted by atomic mass is 16.2. The first-order valence-corrected chi connectivity index (χ1v) is 11.9. The Hall–Kier alpha value is -4.41. The Bertz CT molecular complexity index is 1360. The predicted octanol–water partition coefficient (Wildman–Crippen LogP) is 2.27. The van der Waals surface area contributed by atoms with E-state index in [0.717, 1.165) is 5.56 Å². The molecule has 1 N–H and O–H groups in total. The Balaban J connectivity index is 1.35. The van der Waals surface area contributed by atoms with Gasteiger partial charge in [-0.05, 0) is 43.2 Å². The summed E-state index contributed by atoms with van der Waals surface area (Å²) in [6, 6.07) is 8.20. The van der Waals surface area contributed by atoms with Crippen LogP contribution in [0.2, 0.25) is 0 Å². The number of aromatic nitrogens is 4. The molecule has 0 saturated carbocycles. The standard InChI is InChI=1S/C25H24N8O3/c1-15(34)31-11-7-17(8-12-31)33-23-18(24(35)30-25(33)36)14-26-20-5-4-19(29-22(20)23)16-3-6-21(27-13-16)32-10-2-9-28-32/h2-6,9-10,13-14,17-18,23H,7-8,11-12H2,1H3,(H,30,35,36). The minimum atomic E-state index is -0.635. The highest BCUT2D eigenvalue weighted by Gasteiger charge is 2.48. The molecular formula is C25H24N8O3. The van der Waals surface area contributed by atoms with Crippen LogP contribution < -0.4 is 5.32 Å². The first-order chi connectivity index (χ1) is 17.5. The average Bonchev–Trinajstić information content (AvgIpc) is 3.44. The summed E-state index contributed by atoms with van der Waals surface area (Å²) in [5, 5.41) is 6.69. The Morgan fingerprint density at radius 2 is 1.94 bits per heavy atom. The number of likely N-dealkylation sites (tertiary alicyclic amines) is 1. The molecule has 0 radical (unpaired) electrons. The molecule has 6 rings (SSSR count). The number of carbonyl (C=O) groups is 3. The van der Waals surface area contributed by atoms with Gasteiger partial charge in [-0.3, -0.25) is 19.9 Å².